The lowest BCUT2D eigenvalue weighted by molar-refractivity contribution is 0.104. The number of ketones is 1. The predicted molar refractivity (Wildman–Crippen MR) is 84.5 cm³/mol. The summed E-state index contributed by atoms with van der Waals surface area (Å²) in [5.41, 5.74) is 2.67. The molecule has 0 fully saturated rings. The third-order valence-corrected chi connectivity index (χ3v) is 4.55. The van der Waals surface area contributed by atoms with Gasteiger partial charge in [-0.15, -0.1) is 24.0 Å². The van der Waals surface area contributed by atoms with Crippen molar-refractivity contribution < 1.29 is 4.79 Å². The number of rotatable bonds is 1. The molecule has 1 aliphatic carbocycles. The van der Waals surface area contributed by atoms with E-state index >= 15 is 0 Å². The zero-order valence-corrected chi connectivity index (χ0v) is 12.2. The maximum absolute atomic E-state index is 11.8. The van der Waals surface area contributed by atoms with Crippen molar-refractivity contribution in [3.63, 3.8) is 0 Å². The van der Waals surface area contributed by atoms with Crippen LogP contribution in [0.5, 0.6) is 0 Å². The number of carbonyl (C=O) groups is 1. The Hall–Kier alpha value is -1.43. The van der Waals surface area contributed by atoms with Crippen LogP contribution in [0.15, 0.2) is 41.4 Å². The first-order chi connectivity index (χ1) is 9.15. The van der Waals surface area contributed by atoms with E-state index in [1.54, 1.807) is 6.08 Å². The van der Waals surface area contributed by atoms with Crippen LogP contribution in [0.25, 0.3) is 11.6 Å². The average Bonchev–Trinajstić information content (AvgIpc) is 2.72. The van der Waals surface area contributed by atoms with Crippen molar-refractivity contribution in [1.82, 2.24) is 4.98 Å². The number of carbonyl (C=O) groups excluding carboxylic acids is 1. The molecule has 0 bridgehead atoms. The molecule has 1 heterocycles. The van der Waals surface area contributed by atoms with Gasteiger partial charge < -0.3 is 4.98 Å². The fourth-order valence-corrected chi connectivity index (χ4v) is 3.51. The van der Waals surface area contributed by atoms with Crippen molar-refractivity contribution in [1.29, 1.82) is 0 Å². The second-order valence-corrected chi connectivity index (χ2v) is 6.24. The Morgan fingerprint density at radius 3 is 2.63 bits per heavy atom. The van der Waals surface area contributed by atoms with Gasteiger partial charge in [-0.3, -0.25) is 4.79 Å². The third kappa shape index (κ3) is 2.36. The number of hydrogen-bond donors (Lipinski definition) is 2. The monoisotopic (exact) mass is 303 g/mol. The van der Waals surface area contributed by atoms with Gasteiger partial charge in [-0.05, 0) is 35.5 Å². The Labute approximate surface area is 124 Å². The summed E-state index contributed by atoms with van der Waals surface area (Å²) in [5.74, 6) is 0.0422. The van der Waals surface area contributed by atoms with Crippen molar-refractivity contribution in [2.75, 3.05) is 0 Å². The topological polar surface area (TPSA) is 32.9 Å². The van der Waals surface area contributed by atoms with Gasteiger partial charge in [0.25, 0.3) is 0 Å². The number of thiol groups is 1. The maximum atomic E-state index is 11.8. The molecule has 0 aliphatic heterocycles. The van der Waals surface area contributed by atoms with E-state index in [0.717, 1.165) is 26.6 Å². The van der Waals surface area contributed by atoms with Crippen molar-refractivity contribution in [3.8, 4) is 0 Å². The summed E-state index contributed by atoms with van der Waals surface area (Å²) < 4.78 is 0.695. The van der Waals surface area contributed by atoms with Crippen molar-refractivity contribution in [2.24, 2.45) is 0 Å². The molecular weight excluding hydrogens is 294 g/mol. The van der Waals surface area contributed by atoms with E-state index in [1.165, 1.54) is 11.3 Å². The van der Waals surface area contributed by atoms with Crippen LogP contribution in [0.3, 0.4) is 0 Å². The number of fused-ring (bicyclic) bond motifs is 1. The minimum atomic E-state index is 0.0422. The van der Waals surface area contributed by atoms with Gasteiger partial charge in [0.2, 0.25) is 0 Å². The van der Waals surface area contributed by atoms with Crippen molar-refractivity contribution in [2.45, 2.75) is 5.03 Å². The standard InChI is InChI=1S/C14H9NOS3/c16-11-6-5-8(9-3-1-2-4-10(9)11)7-12-13(17)15-14(18)19-12/h1-7,17H,(H,15,18)/b8-7-. The van der Waals surface area contributed by atoms with E-state index in [-0.39, 0.29) is 5.78 Å². The Morgan fingerprint density at radius 1 is 1.21 bits per heavy atom. The number of thiazole rings is 1. The van der Waals surface area contributed by atoms with Gasteiger partial charge in [-0.2, -0.15) is 0 Å². The van der Waals surface area contributed by atoms with Crippen LogP contribution < -0.4 is 0 Å². The SMILES string of the molecule is O=C1C=C/C(=C/c2sc(=S)[nH]c2S)c2ccccc21. The lowest BCUT2D eigenvalue weighted by Crippen LogP contribution is -2.04. The number of allylic oxidation sites excluding steroid dienone is 3. The Balaban J connectivity index is 2.16. The molecule has 2 aromatic rings. The highest BCUT2D eigenvalue weighted by Crippen LogP contribution is 2.30. The van der Waals surface area contributed by atoms with E-state index in [9.17, 15) is 4.79 Å². The van der Waals surface area contributed by atoms with E-state index in [4.69, 9.17) is 12.2 Å². The average molecular weight is 303 g/mol. The van der Waals surface area contributed by atoms with Crippen LogP contribution in [0, 0.1) is 3.95 Å². The molecule has 5 heteroatoms. The highest BCUT2D eigenvalue weighted by atomic mass is 32.1. The summed E-state index contributed by atoms with van der Waals surface area (Å²) in [6, 6.07) is 7.60. The number of H-pyrrole nitrogens is 1. The van der Waals surface area contributed by atoms with Crippen LogP contribution in [-0.4, -0.2) is 10.8 Å². The molecule has 0 spiro atoms. The van der Waals surface area contributed by atoms with Gasteiger partial charge in [0, 0.05) is 5.56 Å². The fourth-order valence-electron chi connectivity index (χ4n) is 1.99. The van der Waals surface area contributed by atoms with Crippen molar-refractivity contribution in [3.05, 3.63) is 56.4 Å². The van der Waals surface area contributed by atoms with Crippen LogP contribution in [0.4, 0.5) is 0 Å². The van der Waals surface area contributed by atoms with Crippen molar-refractivity contribution >= 4 is 53.6 Å². The molecule has 1 aromatic heterocycles. The molecule has 0 atom stereocenters. The smallest absolute Gasteiger partial charge is 0.186 e. The molecule has 94 valence electrons. The minimum Gasteiger partial charge on any atom is -0.332 e. The number of nitrogens with one attached hydrogen (secondary N) is 1. The summed E-state index contributed by atoms with van der Waals surface area (Å²) in [7, 11) is 0. The van der Waals surface area contributed by atoms with E-state index < -0.39 is 0 Å². The molecule has 1 N–H and O–H groups in total. The second-order valence-electron chi connectivity index (χ2n) is 4.07. The molecule has 0 unspecified atom stereocenters. The number of aromatic amines is 1. The molecule has 2 nitrogen and oxygen atoms in total. The highest BCUT2D eigenvalue weighted by Gasteiger charge is 2.15. The van der Waals surface area contributed by atoms with Gasteiger partial charge in [0.1, 0.15) is 0 Å². The molecule has 1 aliphatic rings. The van der Waals surface area contributed by atoms with Crippen LogP contribution in [-0.2, 0) is 0 Å². The number of aromatic nitrogens is 1. The first kappa shape index (κ1) is 12.6. The Morgan fingerprint density at radius 2 is 1.95 bits per heavy atom. The maximum Gasteiger partial charge on any atom is 0.186 e. The summed E-state index contributed by atoms with van der Waals surface area (Å²) >= 11 is 10.9. The summed E-state index contributed by atoms with van der Waals surface area (Å²) in [6.45, 7) is 0. The molecule has 0 saturated carbocycles. The molecule has 3 rings (SSSR count). The molecule has 1 aromatic carbocycles. The second kappa shape index (κ2) is 4.92. The fraction of sp³-hybridized carbons (Fsp3) is 0. The highest BCUT2D eigenvalue weighted by molar-refractivity contribution is 7.80. The van der Waals surface area contributed by atoms with E-state index in [1.807, 2.05) is 36.4 Å². The lowest BCUT2D eigenvalue weighted by Gasteiger charge is -2.12. The Kier molecular flexibility index (Phi) is 3.26. The first-order valence-electron chi connectivity index (χ1n) is 5.61. The summed E-state index contributed by atoms with van der Waals surface area (Å²) in [4.78, 5) is 15.8. The van der Waals surface area contributed by atoms with Gasteiger partial charge in [-0.25, -0.2) is 0 Å². The molecular formula is C14H9NOS3. The van der Waals surface area contributed by atoms with E-state index in [2.05, 4.69) is 17.6 Å². The normalized spacial score (nSPS) is 15.8. The van der Waals surface area contributed by atoms with Crippen LogP contribution in [0.1, 0.15) is 20.8 Å². The predicted octanol–water partition coefficient (Wildman–Crippen LogP) is 4.39. The quantitative estimate of drug-likeness (QED) is 0.605. The van der Waals surface area contributed by atoms with Gasteiger partial charge >= 0.3 is 0 Å². The van der Waals surface area contributed by atoms with Crippen LogP contribution in [0.2, 0.25) is 0 Å². The Bertz CT molecular complexity index is 780. The van der Waals surface area contributed by atoms with Gasteiger partial charge in [0.15, 0.2) is 9.74 Å². The molecule has 19 heavy (non-hydrogen) atoms. The summed E-state index contributed by atoms with van der Waals surface area (Å²) in [5, 5.41) is 0.755. The zero-order chi connectivity index (χ0) is 13.4. The molecule has 0 saturated heterocycles. The molecule has 0 radical (unpaired) electrons. The van der Waals surface area contributed by atoms with Gasteiger partial charge in [0.05, 0.1) is 9.90 Å². The summed E-state index contributed by atoms with van der Waals surface area (Å²) in [6.07, 6.45) is 5.43. The van der Waals surface area contributed by atoms with Gasteiger partial charge in [-0.1, -0.05) is 30.3 Å². The van der Waals surface area contributed by atoms with Crippen LogP contribution >= 0.6 is 36.2 Å². The minimum absolute atomic E-state index is 0.0422. The number of hydrogen-bond acceptors (Lipinski definition) is 4. The first-order valence-corrected chi connectivity index (χ1v) is 7.28. The number of benzene rings is 1. The van der Waals surface area contributed by atoms with E-state index in [0.29, 0.717) is 3.95 Å². The third-order valence-electron chi connectivity index (χ3n) is 2.86. The zero-order valence-electron chi connectivity index (χ0n) is 9.71. The largest absolute Gasteiger partial charge is 0.332 e. The lowest BCUT2D eigenvalue weighted by atomic mass is 9.91. The molecule has 0 amide bonds.